The number of urea groups is 1. The average molecular weight is 448 g/mol. The van der Waals surface area contributed by atoms with Crippen LogP contribution in [0.4, 0.5) is 20.6 Å². The predicted octanol–water partition coefficient (Wildman–Crippen LogP) is 5.11. The molecule has 1 atom stereocenters. The van der Waals surface area contributed by atoms with Gasteiger partial charge in [0, 0.05) is 17.9 Å². The number of aryl methyl sites for hydroxylation is 1. The first kappa shape index (κ1) is 20.6. The first-order chi connectivity index (χ1) is 15.5. The van der Waals surface area contributed by atoms with Crippen LogP contribution in [0.25, 0.3) is 0 Å². The second kappa shape index (κ2) is 7.98. The molecule has 2 heterocycles. The van der Waals surface area contributed by atoms with E-state index in [4.69, 9.17) is 0 Å². The van der Waals surface area contributed by atoms with E-state index < -0.39 is 16.7 Å². The molecule has 2 aliphatic heterocycles. The Morgan fingerprint density at radius 1 is 1.09 bits per heavy atom. The van der Waals surface area contributed by atoms with Gasteiger partial charge in [-0.05, 0) is 30.7 Å². The molecule has 32 heavy (non-hydrogen) atoms. The van der Waals surface area contributed by atoms with E-state index >= 15 is 0 Å². The molecule has 1 fully saturated rings. The lowest BCUT2D eigenvalue weighted by Gasteiger charge is -2.33. The van der Waals surface area contributed by atoms with Crippen molar-refractivity contribution in [1.29, 1.82) is 0 Å². The monoisotopic (exact) mass is 447 g/mol. The molecule has 1 saturated heterocycles. The van der Waals surface area contributed by atoms with Crippen LogP contribution in [-0.4, -0.2) is 29.1 Å². The second-order valence-electron chi connectivity index (χ2n) is 7.95. The van der Waals surface area contributed by atoms with Gasteiger partial charge in [-0.2, -0.15) is 0 Å². The third kappa shape index (κ3) is 3.24. The summed E-state index contributed by atoms with van der Waals surface area (Å²) in [6.45, 7) is 2.78. The van der Waals surface area contributed by atoms with Crippen LogP contribution in [0.2, 0.25) is 0 Å². The third-order valence-electron chi connectivity index (χ3n) is 5.89. The Bertz CT molecular complexity index is 1200. The molecule has 0 saturated carbocycles. The van der Waals surface area contributed by atoms with Crippen molar-refractivity contribution < 1.29 is 14.0 Å². The lowest BCUT2D eigenvalue weighted by Crippen LogP contribution is -2.51. The van der Waals surface area contributed by atoms with Gasteiger partial charge < -0.3 is 10.2 Å². The van der Waals surface area contributed by atoms with Crippen molar-refractivity contribution in [2.75, 3.05) is 22.5 Å². The van der Waals surface area contributed by atoms with Crippen molar-refractivity contribution in [3.05, 3.63) is 95.3 Å². The third-order valence-corrected chi connectivity index (χ3v) is 7.31. The molecule has 2 aliphatic rings. The van der Waals surface area contributed by atoms with Crippen LogP contribution < -0.4 is 10.2 Å². The number of rotatable bonds is 3. The zero-order valence-corrected chi connectivity index (χ0v) is 18.4. The van der Waals surface area contributed by atoms with Gasteiger partial charge in [-0.15, -0.1) is 11.8 Å². The molecule has 5 rings (SSSR count). The minimum atomic E-state index is -1.16. The Kier molecular flexibility index (Phi) is 5.13. The maximum atomic E-state index is 14.2. The highest BCUT2D eigenvalue weighted by atomic mass is 32.2. The summed E-state index contributed by atoms with van der Waals surface area (Å²) >= 11 is 1.46. The maximum Gasteiger partial charge on any atom is 0.323 e. The van der Waals surface area contributed by atoms with Gasteiger partial charge in [0.1, 0.15) is 5.82 Å². The molecular formula is C25H22FN3O2S. The first-order valence-corrected chi connectivity index (χ1v) is 11.4. The smallest absolute Gasteiger partial charge is 0.305 e. The highest BCUT2D eigenvalue weighted by molar-refractivity contribution is 8.01. The van der Waals surface area contributed by atoms with Crippen molar-refractivity contribution >= 4 is 35.1 Å². The van der Waals surface area contributed by atoms with E-state index in [9.17, 15) is 14.0 Å². The number of amides is 3. The van der Waals surface area contributed by atoms with Crippen LogP contribution in [0, 0.1) is 12.7 Å². The number of carbonyl (C=O) groups is 2. The molecule has 0 bridgehead atoms. The molecule has 3 aromatic carbocycles. The first-order valence-electron chi connectivity index (χ1n) is 10.4. The van der Waals surface area contributed by atoms with Gasteiger partial charge in [-0.25, -0.2) is 9.18 Å². The van der Waals surface area contributed by atoms with Crippen LogP contribution in [-0.2, 0) is 16.2 Å². The Hall–Kier alpha value is -3.32. The van der Waals surface area contributed by atoms with Gasteiger partial charge in [0.15, 0.2) is 4.87 Å². The molecule has 0 aliphatic carbocycles. The summed E-state index contributed by atoms with van der Waals surface area (Å²) < 4.78 is 14.2. The SMILES string of the molecule is Cc1ccc2c(c1)[C@@]1(SCCN1C(=O)Nc1ccccc1F)C(=O)N2Cc1ccccc1. The second-order valence-corrected chi connectivity index (χ2v) is 9.24. The van der Waals surface area contributed by atoms with Gasteiger partial charge in [-0.3, -0.25) is 9.69 Å². The predicted molar refractivity (Wildman–Crippen MR) is 125 cm³/mol. The van der Waals surface area contributed by atoms with E-state index in [-0.39, 0.29) is 11.6 Å². The fraction of sp³-hybridized carbons (Fsp3) is 0.200. The molecule has 1 N–H and O–H groups in total. The Labute approximate surface area is 190 Å². The van der Waals surface area contributed by atoms with Gasteiger partial charge in [0.2, 0.25) is 0 Å². The van der Waals surface area contributed by atoms with Gasteiger partial charge >= 0.3 is 6.03 Å². The van der Waals surface area contributed by atoms with E-state index in [0.29, 0.717) is 18.8 Å². The lowest BCUT2D eigenvalue weighted by atomic mass is 10.0. The summed E-state index contributed by atoms with van der Waals surface area (Å²) in [5, 5.41) is 2.66. The summed E-state index contributed by atoms with van der Waals surface area (Å²) in [7, 11) is 0. The molecule has 0 aromatic heterocycles. The van der Waals surface area contributed by atoms with Crippen LogP contribution in [0.15, 0.2) is 72.8 Å². The quantitative estimate of drug-likeness (QED) is 0.607. The fourth-order valence-corrected chi connectivity index (χ4v) is 5.85. The minimum absolute atomic E-state index is 0.0978. The van der Waals surface area contributed by atoms with Gasteiger partial charge in [-0.1, -0.05) is 60.2 Å². The lowest BCUT2D eigenvalue weighted by molar-refractivity contribution is -0.123. The standard InChI is InChI=1S/C25H22FN3O2S/c1-17-11-12-22-19(15-17)25(23(30)28(22)16-18-7-3-2-4-8-18)29(13-14-32-25)24(31)27-21-10-6-5-9-20(21)26/h2-12,15H,13-14,16H2,1H3,(H,27,31)/t25-/m1/s1. The summed E-state index contributed by atoms with van der Waals surface area (Å²) in [5.41, 5.74) is 3.74. The van der Waals surface area contributed by atoms with E-state index in [2.05, 4.69) is 5.32 Å². The molecule has 0 unspecified atom stereocenters. The number of nitrogens with zero attached hydrogens (tertiary/aromatic N) is 2. The number of anilines is 2. The van der Waals surface area contributed by atoms with Crippen molar-refractivity contribution in [2.45, 2.75) is 18.3 Å². The molecule has 3 aromatic rings. The van der Waals surface area contributed by atoms with Crippen molar-refractivity contribution in [3.63, 3.8) is 0 Å². The van der Waals surface area contributed by atoms with Crippen LogP contribution >= 0.6 is 11.8 Å². The van der Waals surface area contributed by atoms with E-state index in [1.165, 1.54) is 23.9 Å². The zero-order chi connectivity index (χ0) is 22.3. The largest absolute Gasteiger partial charge is 0.323 e. The summed E-state index contributed by atoms with van der Waals surface area (Å²) in [4.78, 5) is 29.4. The normalized spacial score (nSPS) is 19.5. The number of nitrogens with one attached hydrogen (secondary N) is 1. The average Bonchev–Trinajstić information content (AvgIpc) is 3.33. The van der Waals surface area contributed by atoms with E-state index in [1.54, 1.807) is 21.9 Å². The number of fused-ring (bicyclic) bond motifs is 2. The maximum absolute atomic E-state index is 14.2. The number of para-hydroxylation sites is 1. The van der Waals surface area contributed by atoms with Gasteiger partial charge in [0.05, 0.1) is 17.9 Å². The Balaban J connectivity index is 1.55. The van der Waals surface area contributed by atoms with E-state index in [1.807, 2.05) is 55.5 Å². The number of hydrogen-bond acceptors (Lipinski definition) is 3. The molecule has 5 nitrogen and oxygen atoms in total. The van der Waals surface area contributed by atoms with Crippen molar-refractivity contribution in [1.82, 2.24) is 4.90 Å². The molecule has 162 valence electrons. The highest BCUT2D eigenvalue weighted by Gasteiger charge is 2.59. The topological polar surface area (TPSA) is 52.7 Å². The van der Waals surface area contributed by atoms with Crippen molar-refractivity contribution in [3.8, 4) is 0 Å². The number of halogens is 1. The van der Waals surface area contributed by atoms with Gasteiger partial charge in [0.25, 0.3) is 5.91 Å². The molecule has 3 amide bonds. The number of thioether (sulfide) groups is 1. The number of hydrogen-bond donors (Lipinski definition) is 1. The molecule has 0 radical (unpaired) electrons. The Morgan fingerprint density at radius 3 is 2.62 bits per heavy atom. The summed E-state index contributed by atoms with van der Waals surface area (Å²) in [6.07, 6.45) is 0. The number of benzene rings is 3. The molecular weight excluding hydrogens is 425 g/mol. The highest BCUT2D eigenvalue weighted by Crippen LogP contribution is 2.54. The minimum Gasteiger partial charge on any atom is -0.305 e. The van der Waals surface area contributed by atoms with Crippen LogP contribution in [0.5, 0.6) is 0 Å². The number of carbonyl (C=O) groups excluding carboxylic acids is 2. The zero-order valence-electron chi connectivity index (χ0n) is 17.5. The fourth-order valence-electron chi connectivity index (χ4n) is 4.40. The van der Waals surface area contributed by atoms with Crippen LogP contribution in [0.3, 0.4) is 0 Å². The molecule has 7 heteroatoms. The molecule has 1 spiro atoms. The van der Waals surface area contributed by atoms with E-state index in [0.717, 1.165) is 22.4 Å². The summed E-state index contributed by atoms with van der Waals surface area (Å²) in [6, 6.07) is 21.3. The van der Waals surface area contributed by atoms with Crippen LogP contribution in [0.1, 0.15) is 16.7 Å². The summed E-state index contributed by atoms with van der Waals surface area (Å²) in [5.74, 6) is -0.0437. The van der Waals surface area contributed by atoms with Crippen molar-refractivity contribution in [2.24, 2.45) is 0 Å². The Morgan fingerprint density at radius 2 is 1.84 bits per heavy atom.